The van der Waals surface area contributed by atoms with Crippen LogP contribution in [-0.4, -0.2) is 46.0 Å². The first-order valence-corrected chi connectivity index (χ1v) is 9.52. The first-order chi connectivity index (χ1) is 13.5. The standard InChI is InChI=1S/C21H26N2O5.ClH/c24-20(21(25)10-12-22-13-11-21)15-19(14-16-4-2-1-3-5-16)28-18-8-6-17(7-9-18)23(26)27;/h1-9,19-20,22,24-25H,10-15H2;1H. The number of nitro groups is 1. The second-order valence-electron chi connectivity index (χ2n) is 7.29. The van der Waals surface area contributed by atoms with Crippen LogP contribution >= 0.6 is 12.4 Å². The molecule has 1 aliphatic rings. The number of ether oxygens (including phenoxy) is 1. The van der Waals surface area contributed by atoms with Crippen molar-refractivity contribution in [2.24, 2.45) is 0 Å². The van der Waals surface area contributed by atoms with Crippen LogP contribution in [0.3, 0.4) is 0 Å². The Labute approximate surface area is 176 Å². The SMILES string of the molecule is Cl.O=[N+]([O-])c1ccc(OC(Cc2ccccc2)CC(O)C2(O)CCNCC2)cc1. The lowest BCUT2D eigenvalue weighted by molar-refractivity contribution is -0.384. The average Bonchev–Trinajstić information content (AvgIpc) is 2.69. The highest BCUT2D eigenvalue weighted by Crippen LogP contribution is 2.28. The van der Waals surface area contributed by atoms with Gasteiger partial charge in [-0.25, -0.2) is 0 Å². The summed E-state index contributed by atoms with van der Waals surface area (Å²) in [6.45, 7) is 1.33. The van der Waals surface area contributed by atoms with Crippen LogP contribution in [0.1, 0.15) is 24.8 Å². The van der Waals surface area contributed by atoms with Gasteiger partial charge in [-0.15, -0.1) is 12.4 Å². The molecule has 0 aliphatic carbocycles. The maximum absolute atomic E-state index is 10.8. The van der Waals surface area contributed by atoms with Crippen LogP contribution in [-0.2, 0) is 6.42 Å². The molecule has 1 heterocycles. The molecular weight excluding hydrogens is 396 g/mol. The highest BCUT2D eigenvalue weighted by Gasteiger charge is 2.38. The fourth-order valence-corrected chi connectivity index (χ4v) is 3.55. The Morgan fingerprint density at radius 2 is 1.72 bits per heavy atom. The highest BCUT2D eigenvalue weighted by molar-refractivity contribution is 5.85. The molecule has 0 saturated carbocycles. The van der Waals surface area contributed by atoms with Crippen LogP contribution in [0, 0.1) is 10.1 Å². The molecule has 1 aliphatic heterocycles. The second-order valence-corrected chi connectivity index (χ2v) is 7.29. The number of aliphatic hydroxyl groups is 2. The van der Waals surface area contributed by atoms with Crippen LogP contribution in [0.5, 0.6) is 5.75 Å². The fourth-order valence-electron chi connectivity index (χ4n) is 3.55. The largest absolute Gasteiger partial charge is 0.490 e. The number of nitrogens with zero attached hydrogens (tertiary/aromatic N) is 1. The Balaban J connectivity index is 0.00000300. The number of non-ortho nitro benzene ring substituents is 1. The van der Waals surface area contributed by atoms with Crippen molar-refractivity contribution in [1.82, 2.24) is 5.32 Å². The van der Waals surface area contributed by atoms with Gasteiger partial charge in [0.05, 0.1) is 16.6 Å². The van der Waals surface area contributed by atoms with Crippen LogP contribution in [0.2, 0.25) is 0 Å². The first kappa shape index (κ1) is 23.1. The maximum Gasteiger partial charge on any atom is 0.269 e. The van der Waals surface area contributed by atoms with Crippen molar-refractivity contribution in [2.75, 3.05) is 13.1 Å². The molecule has 2 atom stereocenters. The van der Waals surface area contributed by atoms with Gasteiger partial charge in [-0.3, -0.25) is 10.1 Å². The zero-order valence-corrected chi connectivity index (χ0v) is 16.9. The number of halogens is 1. The molecule has 2 aromatic rings. The van der Waals surface area contributed by atoms with Gasteiger partial charge in [0.2, 0.25) is 0 Å². The van der Waals surface area contributed by atoms with E-state index in [2.05, 4.69) is 5.32 Å². The number of benzene rings is 2. The number of piperidine rings is 1. The molecule has 2 aromatic carbocycles. The Morgan fingerprint density at radius 1 is 1.10 bits per heavy atom. The summed E-state index contributed by atoms with van der Waals surface area (Å²) in [5, 5.41) is 35.5. The van der Waals surface area contributed by atoms with E-state index in [0.29, 0.717) is 38.1 Å². The summed E-state index contributed by atoms with van der Waals surface area (Å²) in [4.78, 5) is 10.4. The Morgan fingerprint density at radius 3 is 2.31 bits per heavy atom. The van der Waals surface area contributed by atoms with Crippen LogP contribution < -0.4 is 10.1 Å². The molecule has 0 radical (unpaired) electrons. The molecule has 2 unspecified atom stereocenters. The van der Waals surface area contributed by atoms with Gasteiger partial charge in [-0.1, -0.05) is 30.3 Å². The predicted molar refractivity (Wildman–Crippen MR) is 113 cm³/mol. The van der Waals surface area contributed by atoms with E-state index in [1.54, 1.807) is 12.1 Å². The molecule has 1 saturated heterocycles. The molecule has 1 fully saturated rings. The van der Waals surface area contributed by atoms with E-state index < -0.39 is 16.6 Å². The third-order valence-corrected chi connectivity index (χ3v) is 5.23. The van der Waals surface area contributed by atoms with Gasteiger partial charge < -0.3 is 20.3 Å². The van der Waals surface area contributed by atoms with Crippen molar-refractivity contribution >= 4 is 18.1 Å². The maximum atomic E-state index is 10.8. The van der Waals surface area contributed by atoms with Crippen molar-refractivity contribution in [3.8, 4) is 5.75 Å². The summed E-state index contributed by atoms with van der Waals surface area (Å²) in [6.07, 6.45) is 0.512. The zero-order chi connectivity index (χ0) is 20.0. The summed E-state index contributed by atoms with van der Waals surface area (Å²) in [5.41, 5.74) is -0.0751. The fraction of sp³-hybridized carbons (Fsp3) is 0.429. The summed E-state index contributed by atoms with van der Waals surface area (Å²) in [7, 11) is 0. The summed E-state index contributed by atoms with van der Waals surface area (Å²) < 4.78 is 6.05. The molecule has 29 heavy (non-hydrogen) atoms. The Kier molecular flexibility index (Phi) is 8.40. The van der Waals surface area contributed by atoms with E-state index in [1.807, 2.05) is 30.3 Å². The number of aliphatic hydroxyl groups excluding tert-OH is 1. The minimum absolute atomic E-state index is 0. The topological polar surface area (TPSA) is 105 Å². The summed E-state index contributed by atoms with van der Waals surface area (Å²) in [6, 6.07) is 15.7. The van der Waals surface area contributed by atoms with Crippen molar-refractivity contribution in [1.29, 1.82) is 0 Å². The van der Waals surface area contributed by atoms with E-state index in [-0.39, 0.29) is 30.6 Å². The van der Waals surface area contributed by atoms with Crippen LogP contribution in [0.25, 0.3) is 0 Å². The lowest BCUT2D eigenvalue weighted by atomic mass is 9.83. The monoisotopic (exact) mass is 422 g/mol. The second kappa shape index (κ2) is 10.5. The minimum Gasteiger partial charge on any atom is -0.490 e. The Hall–Kier alpha value is -2.19. The van der Waals surface area contributed by atoms with Gasteiger partial charge in [0.15, 0.2) is 0 Å². The molecule has 7 nitrogen and oxygen atoms in total. The minimum atomic E-state index is -1.13. The van der Waals surface area contributed by atoms with E-state index in [4.69, 9.17) is 4.74 Å². The van der Waals surface area contributed by atoms with Crippen LogP contribution in [0.15, 0.2) is 54.6 Å². The van der Waals surface area contributed by atoms with Crippen LogP contribution in [0.4, 0.5) is 5.69 Å². The van der Waals surface area contributed by atoms with E-state index in [0.717, 1.165) is 5.56 Å². The van der Waals surface area contributed by atoms with E-state index >= 15 is 0 Å². The Bertz CT molecular complexity index is 766. The molecular formula is C21H27ClN2O5. The molecule has 0 bridgehead atoms. The zero-order valence-electron chi connectivity index (χ0n) is 16.1. The number of hydrogen-bond donors (Lipinski definition) is 3. The molecule has 158 valence electrons. The van der Waals surface area contributed by atoms with Gasteiger partial charge in [-0.2, -0.15) is 0 Å². The van der Waals surface area contributed by atoms with Crippen molar-refractivity contribution in [3.05, 3.63) is 70.3 Å². The molecule has 0 aromatic heterocycles. The third-order valence-electron chi connectivity index (χ3n) is 5.23. The molecule has 0 amide bonds. The van der Waals surface area contributed by atoms with Gasteiger partial charge in [0.1, 0.15) is 11.9 Å². The van der Waals surface area contributed by atoms with Crippen molar-refractivity contribution < 1.29 is 19.9 Å². The lowest BCUT2D eigenvalue weighted by Gasteiger charge is -2.38. The van der Waals surface area contributed by atoms with Crippen molar-refractivity contribution in [3.63, 3.8) is 0 Å². The van der Waals surface area contributed by atoms with Gasteiger partial charge in [0.25, 0.3) is 5.69 Å². The van der Waals surface area contributed by atoms with Gasteiger partial charge in [-0.05, 0) is 43.6 Å². The number of nitrogens with one attached hydrogen (secondary N) is 1. The van der Waals surface area contributed by atoms with Gasteiger partial charge in [0, 0.05) is 25.0 Å². The number of nitro benzene ring substituents is 1. The molecule has 0 spiro atoms. The van der Waals surface area contributed by atoms with Crippen molar-refractivity contribution in [2.45, 2.75) is 43.5 Å². The smallest absolute Gasteiger partial charge is 0.269 e. The molecule has 3 rings (SSSR count). The normalized spacial score (nSPS) is 17.6. The number of rotatable bonds is 8. The number of hydrogen-bond acceptors (Lipinski definition) is 6. The average molecular weight is 423 g/mol. The van der Waals surface area contributed by atoms with E-state index in [9.17, 15) is 20.3 Å². The predicted octanol–water partition coefficient (Wildman–Crippen LogP) is 2.87. The third kappa shape index (κ3) is 6.40. The molecule has 3 N–H and O–H groups in total. The van der Waals surface area contributed by atoms with E-state index in [1.165, 1.54) is 12.1 Å². The van der Waals surface area contributed by atoms with Gasteiger partial charge >= 0.3 is 0 Å². The highest BCUT2D eigenvalue weighted by atomic mass is 35.5. The summed E-state index contributed by atoms with van der Waals surface area (Å²) >= 11 is 0. The summed E-state index contributed by atoms with van der Waals surface area (Å²) in [5.74, 6) is 0.496. The lowest BCUT2D eigenvalue weighted by Crippen LogP contribution is -2.51. The quantitative estimate of drug-likeness (QED) is 0.446. The molecule has 8 heteroatoms. The first-order valence-electron chi connectivity index (χ1n) is 9.52.